The monoisotopic (exact) mass is 303 g/mol. The summed E-state index contributed by atoms with van der Waals surface area (Å²) in [7, 11) is 0. The minimum absolute atomic E-state index is 1.08. The average molecular weight is 303 g/mol. The van der Waals surface area contributed by atoms with Gasteiger partial charge in [0.2, 0.25) is 0 Å². The summed E-state index contributed by atoms with van der Waals surface area (Å²) in [5.74, 6) is 0. The van der Waals surface area contributed by atoms with E-state index in [2.05, 4.69) is 69.3 Å². The Hall–Kier alpha value is -2.19. The fourth-order valence-electron chi connectivity index (χ4n) is 3.09. The minimum atomic E-state index is 1.08. The van der Waals surface area contributed by atoms with E-state index in [1.165, 1.54) is 37.0 Å². The molecule has 0 amide bonds. The zero-order valence-electron chi connectivity index (χ0n) is 13.0. The van der Waals surface area contributed by atoms with Crippen molar-refractivity contribution in [3.8, 4) is 10.6 Å². The molecule has 0 atom stereocenters. The smallest absolute Gasteiger partial charge is 0.0844 e. The third kappa shape index (κ3) is 1.87. The van der Waals surface area contributed by atoms with Crippen LogP contribution < -0.4 is 0 Å². The summed E-state index contributed by atoms with van der Waals surface area (Å²) in [5, 5.41) is 2.59. The third-order valence-corrected chi connectivity index (χ3v) is 5.80. The molecule has 0 aliphatic carbocycles. The van der Waals surface area contributed by atoms with Crippen LogP contribution in [-0.4, -0.2) is 4.98 Å². The first-order chi connectivity index (χ1) is 10.7. The zero-order valence-corrected chi connectivity index (χ0v) is 13.8. The number of aryl methyl sites for hydroxylation is 2. The molecule has 22 heavy (non-hydrogen) atoms. The Balaban J connectivity index is 2.08. The molecule has 108 valence electrons. The highest BCUT2D eigenvalue weighted by molar-refractivity contribution is 7.22. The lowest BCUT2D eigenvalue weighted by Crippen LogP contribution is -1.94. The van der Waals surface area contributed by atoms with Gasteiger partial charge < -0.3 is 0 Å². The van der Waals surface area contributed by atoms with Crippen LogP contribution in [0.4, 0.5) is 0 Å². The van der Waals surface area contributed by atoms with Gasteiger partial charge in [-0.15, -0.1) is 11.3 Å². The van der Waals surface area contributed by atoms with Gasteiger partial charge in [0, 0.05) is 10.1 Å². The van der Waals surface area contributed by atoms with Gasteiger partial charge in [-0.05, 0) is 55.0 Å². The van der Waals surface area contributed by atoms with E-state index in [4.69, 9.17) is 4.98 Å². The molecule has 0 spiro atoms. The maximum absolute atomic E-state index is 4.97. The lowest BCUT2D eigenvalue weighted by atomic mass is 10.0. The maximum atomic E-state index is 4.97. The average Bonchev–Trinajstić information content (AvgIpc) is 2.88. The lowest BCUT2D eigenvalue weighted by molar-refractivity contribution is 1.28. The standard InChI is InChI=1S/C20H17NS/c1-12-13(2)19(21-17-10-6-4-8-15(12)17)20-14(3)16-9-5-7-11-18(16)22-20/h4-11H,1-3H3. The van der Waals surface area contributed by atoms with Crippen molar-refractivity contribution in [2.75, 3.05) is 0 Å². The number of para-hydroxylation sites is 1. The van der Waals surface area contributed by atoms with Gasteiger partial charge in [-0.1, -0.05) is 36.4 Å². The topological polar surface area (TPSA) is 12.9 Å². The van der Waals surface area contributed by atoms with Crippen molar-refractivity contribution < 1.29 is 0 Å². The predicted molar refractivity (Wildman–Crippen MR) is 96.8 cm³/mol. The second kappa shape index (κ2) is 4.92. The number of rotatable bonds is 1. The van der Waals surface area contributed by atoms with Crippen LogP contribution >= 0.6 is 11.3 Å². The summed E-state index contributed by atoms with van der Waals surface area (Å²) >= 11 is 1.85. The van der Waals surface area contributed by atoms with Crippen molar-refractivity contribution in [3.63, 3.8) is 0 Å². The highest BCUT2D eigenvalue weighted by atomic mass is 32.1. The highest BCUT2D eigenvalue weighted by Crippen LogP contribution is 2.40. The van der Waals surface area contributed by atoms with Gasteiger partial charge in [0.15, 0.2) is 0 Å². The Morgan fingerprint density at radius 3 is 2.18 bits per heavy atom. The largest absolute Gasteiger partial charge is 0.247 e. The van der Waals surface area contributed by atoms with E-state index in [0.717, 1.165) is 11.2 Å². The van der Waals surface area contributed by atoms with Crippen LogP contribution in [0.2, 0.25) is 0 Å². The first-order valence-corrected chi connectivity index (χ1v) is 8.33. The van der Waals surface area contributed by atoms with Gasteiger partial charge in [-0.25, -0.2) is 4.98 Å². The first-order valence-electron chi connectivity index (χ1n) is 7.51. The highest BCUT2D eigenvalue weighted by Gasteiger charge is 2.16. The molecule has 0 bridgehead atoms. The number of fused-ring (bicyclic) bond motifs is 2. The first kappa shape index (κ1) is 13.5. The van der Waals surface area contributed by atoms with E-state index in [1.807, 2.05) is 11.3 Å². The number of pyridine rings is 1. The van der Waals surface area contributed by atoms with Crippen LogP contribution in [-0.2, 0) is 0 Å². The molecule has 0 fully saturated rings. The van der Waals surface area contributed by atoms with Gasteiger partial charge in [0.05, 0.1) is 16.1 Å². The summed E-state index contributed by atoms with van der Waals surface area (Å²) in [5.41, 5.74) is 6.17. The molecule has 2 heterocycles. The van der Waals surface area contributed by atoms with E-state index < -0.39 is 0 Å². The molecule has 4 rings (SSSR count). The number of benzene rings is 2. The van der Waals surface area contributed by atoms with Crippen LogP contribution in [0.3, 0.4) is 0 Å². The zero-order chi connectivity index (χ0) is 15.3. The molecule has 0 saturated heterocycles. The van der Waals surface area contributed by atoms with E-state index >= 15 is 0 Å². The van der Waals surface area contributed by atoms with Crippen LogP contribution in [0.15, 0.2) is 48.5 Å². The van der Waals surface area contributed by atoms with Crippen LogP contribution in [0.5, 0.6) is 0 Å². The molecule has 0 aliphatic rings. The van der Waals surface area contributed by atoms with Crippen molar-refractivity contribution in [1.82, 2.24) is 4.98 Å². The summed E-state index contributed by atoms with van der Waals surface area (Å²) in [6.45, 7) is 6.60. The SMILES string of the molecule is Cc1c(-c2sc3ccccc3c2C)nc2ccccc2c1C. The van der Waals surface area contributed by atoms with Crippen LogP contribution in [0, 0.1) is 20.8 Å². The molecule has 0 radical (unpaired) electrons. The fraction of sp³-hybridized carbons (Fsp3) is 0.150. The van der Waals surface area contributed by atoms with E-state index in [9.17, 15) is 0 Å². The van der Waals surface area contributed by atoms with Crippen molar-refractivity contribution >= 4 is 32.3 Å². The minimum Gasteiger partial charge on any atom is -0.247 e. The molecular weight excluding hydrogens is 286 g/mol. The second-order valence-corrected chi connectivity index (χ2v) is 6.83. The summed E-state index contributed by atoms with van der Waals surface area (Å²) in [6.07, 6.45) is 0. The third-order valence-electron chi connectivity index (χ3n) is 4.52. The molecular formula is C20H17NS. The van der Waals surface area contributed by atoms with Gasteiger partial charge in [0.25, 0.3) is 0 Å². The number of nitrogens with zero attached hydrogens (tertiary/aromatic N) is 1. The van der Waals surface area contributed by atoms with Crippen molar-refractivity contribution in [3.05, 3.63) is 65.2 Å². The van der Waals surface area contributed by atoms with Crippen molar-refractivity contribution in [2.45, 2.75) is 20.8 Å². The maximum Gasteiger partial charge on any atom is 0.0844 e. The van der Waals surface area contributed by atoms with E-state index in [0.29, 0.717) is 0 Å². The van der Waals surface area contributed by atoms with Gasteiger partial charge in [-0.3, -0.25) is 0 Å². The van der Waals surface area contributed by atoms with E-state index in [1.54, 1.807) is 0 Å². The fourth-order valence-corrected chi connectivity index (χ4v) is 4.35. The summed E-state index contributed by atoms with van der Waals surface area (Å²) in [6, 6.07) is 17.0. The molecule has 4 aromatic rings. The van der Waals surface area contributed by atoms with Gasteiger partial charge in [0.1, 0.15) is 0 Å². The van der Waals surface area contributed by atoms with E-state index in [-0.39, 0.29) is 0 Å². The van der Waals surface area contributed by atoms with Crippen LogP contribution in [0.25, 0.3) is 31.6 Å². The Morgan fingerprint density at radius 1 is 0.727 bits per heavy atom. The van der Waals surface area contributed by atoms with Crippen LogP contribution in [0.1, 0.15) is 16.7 Å². The molecule has 2 aromatic heterocycles. The summed E-state index contributed by atoms with van der Waals surface area (Å²) < 4.78 is 1.34. The molecule has 0 saturated carbocycles. The number of aromatic nitrogens is 1. The quantitative estimate of drug-likeness (QED) is 0.417. The van der Waals surface area contributed by atoms with Gasteiger partial charge in [-0.2, -0.15) is 0 Å². The van der Waals surface area contributed by atoms with Gasteiger partial charge >= 0.3 is 0 Å². The molecule has 0 N–H and O–H groups in total. The molecule has 2 heteroatoms. The normalized spacial score (nSPS) is 11.4. The number of hydrogen-bond donors (Lipinski definition) is 0. The predicted octanol–water partition coefficient (Wildman–Crippen LogP) is 6.04. The Kier molecular flexibility index (Phi) is 3.02. The Bertz CT molecular complexity index is 1010. The van der Waals surface area contributed by atoms with Crippen molar-refractivity contribution in [2.24, 2.45) is 0 Å². The molecule has 1 nitrogen and oxygen atoms in total. The Labute approximate surface area is 134 Å². The second-order valence-electron chi connectivity index (χ2n) is 5.78. The molecule has 0 unspecified atom stereocenters. The lowest BCUT2D eigenvalue weighted by Gasteiger charge is -2.11. The number of thiophene rings is 1. The van der Waals surface area contributed by atoms with Crippen molar-refractivity contribution in [1.29, 1.82) is 0 Å². The summed E-state index contributed by atoms with van der Waals surface area (Å²) in [4.78, 5) is 6.27. The number of hydrogen-bond acceptors (Lipinski definition) is 2. The molecule has 0 aliphatic heterocycles. The Morgan fingerprint density at radius 2 is 1.41 bits per heavy atom. The molecule has 2 aromatic carbocycles.